The lowest BCUT2D eigenvalue weighted by atomic mass is 10.2. The average Bonchev–Trinajstić information content (AvgIpc) is 2.40. The Morgan fingerprint density at radius 2 is 1.89 bits per heavy atom. The third-order valence-corrected chi connectivity index (χ3v) is 3.02. The normalized spacial score (nSPS) is 16.1. The third kappa shape index (κ3) is 2.16. The second kappa shape index (κ2) is 5.08. The number of nitrogens with zero attached hydrogens (tertiary/aromatic N) is 2. The monoisotopic (exact) mass is 248 g/mol. The largest absolute Gasteiger partial charge is 0.497 e. The van der Waals surface area contributed by atoms with Crippen LogP contribution >= 0.6 is 0 Å². The fourth-order valence-corrected chi connectivity index (χ4v) is 1.97. The number of ether oxygens (including phenoxy) is 1. The minimum Gasteiger partial charge on any atom is -0.497 e. The van der Waals surface area contributed by atoms with Gasteiger partial charge in [0.25, 0.3) is 0 Å². The van der Waals surface area contributed by atoms with Gasteiger partial charge in [-0.05, 0) is 31.2 Å². The van der Waals surface area contributed by atoms with Gasteiger partial charge in [-0.25, -0.2) is 9.69 Å². The highest BCUT2D eigenvalue weighted by Gasteiger charge is 2.32. The zero-order valence-electron chi connectivity index (χ0n) is 10.5. The van der Waals surface area contributed by atoms with E-state index in [0.717, 1.165) is 0 Å². The summed E-state index contributed by atoms with van der Waals surface area (Å²) in [6.07, 6.45) is 0.367. The number of carbonyl (C=O) groups excluding carboxylic acids is 2. The number of amides is 3. The number of rotatable bonds is 3. The van der Waals surface area contributed by atoms with Gasteiger partial charge in [-0.2, -0.15) is 0 Å². The molecule has 3 amide bonds. The Kier molecular flexibility index (Phi) is 3.50. The average molecular weight is 248 g/mol. The number of anilines is 1. The van der Waals surface area contributed by atoms with Crippen molar-refractivity contribution in [3.05, 3.63) is 24.3 Å². The fraction of sp³-hybridized carbons (Fsp3) is 0.385. The van der Waals surface area contributed by atoms with Crippen LogP contribution in [0.5, 0.6) is 5.75 Å². The summed E-state index contributed by atoms with van der Waals surface area (Å²) in [5.41, 5.74) is 0.587. The molecule has 1 heterocycles. The molecule has 5 heteroatoms. The number of hydrogen-bond acceptors (Lipinski definition) is 3. The first-order valence-corrected chi connectivity index (χ1v) is 5.93. The van der Waals surface area contributed by atoms with E-state index in [4.69, 9.17) is 4.74 Å². The second-order valence-corrected chi connectivity index (χ2v) is 4.04. The molecule has 1 aromatic carbocycles. The summed E-state index contributed by atoms with van der Waals surface area (Å²) < 4.78 is 5.05. The zero-order chi connectivity index (χ0) is 13.1. The van der Waals surface area contributed by atoms with Crippen LogP contribution in [0.15, 0.2) is 24.3 Å². The van der Waals surface area contributed by atoms with Crippen LogP contribution in [0, 0.1) is 0 Å². The first-order valence-electron chi connectivity index (χ1n) is 5.93. The highest BCUT2D eigenvalue weighted by molar-refractivity contribution is 6.15. The van der Waals surface area contributed by atoms with E-state index in [1.807, 2.05) is 6.92 Å². The molecule has 96 valence electrons. The standard InChI is InChI=1S/C13H16N2O3/c1-3-14-9-8-12(16)15(13(14)17)10-4-6-11(18-2)7-5-10/h4-7H,3,8-9H2,1-2H3. The molecule has 1 fully saturated rings. The molecule has 0 spiro atoms. The summed E-state index contributed by atoms with van der Waals surface area (Å²) in [6.45, 7) is 3.01. The molecule has 0 saturated carbocycles. The lowest BCUT2D eigenvalue weighted by Gasteiger charge is -2.33. The van der Waals surface area contributed by atoms with Gasteiger partial charge in [-0.1, -0.05) is 0 Å². The van der Waals surface area contributed by atoms with Crippen LogP contribution in [0.3, 0.4) is 0 Å². The molecule has 1 aliphatic rings. The second-order valence-electron chi connectivity index (χ2n) is 4.04. The number of methoxy groups -OCH3 is 1. The molecule has 0 N–H and O–H groups in total. The van der Waals surface area contributed by atoms with Gasteiger partial charge in [0, 0.05) is 19.5 Å². The Balaban J connectivity index is 2.28. The van der Waals surface area contributed by atoms with Crippen molar-refractivity contribution in [2.24, 2.45) is 0 Å². The van der Waals surface area contributed by atoms with Crippen LogP contribution in [0.2, 0.25) is 0 Å². The predicted octanol–water partition coefficient (Wildman–Crippen LogP) is 1.87. The van der Waals surface area contributed by atoms with Gasteiger partial charge < -0.3 is 9.64 Å². The first kappa shape index (κ1) is 12.4. The topological polar surface area (TPSA) is 49.9 Å². The van der Waals surface area contributed by atoms with Gasteiger partial charge in [0.2, 0.25) is 5.91 Å². The number of hydrogen-bond donors (Lipinski definition) is 0. The van der Waals surface area contributed by atoms with Crippen molar-refractivity contribution in [3.63, 3.8) is 0 Å². The van der Waals surface area contributed by atoms with Crippen molar-refractivity contribution in [3.8, 4) is 5.75 Å². The smallest absolute Gasteiger partial charge is 0.331 e. The van der Waals surface area contributed by atoms with Gasteiger partial charge >= 0.3 is 6.03 Å². The molecule has 5 nitrogen and oxygen atoms in total. The lowest BCUT2D eigenvalue weighted by molar-refractivity contribution is -0.119. The molecule has 0 unspecified atom stereocenters. The van der Waals surface area contributed by atoms with Crippen LogP contribution < -0.4 is 9.64 Å². The first-order chi connectivity index (χ1) is 8.67. The third-order valence-electron chi connectivity index (χ3n) is 3.02. The number of benzene rings is 1. The van der Waals surface area contributed by atoms with Crippen molar-refractivity contribution in [1.29, 1.82) is 0 Å². The Morgan fingerprint density at radius 1 is 1.22 bits per heavy atom. The van der Waals surface area contributed by atoms with Crippen molar-refractivity contribution in [2.45, 2.75) is 13.3 Å². The highest BCUT2D eigenvalue weighted by Crippen LogP contribution is 2.23. The van der Waals surface area contributed by atoms with Crippen LogP contribution in [0.25, 0.3) is 0 Å². The maximum atomic E-state index is 12.1. The van der Waals surface area contributed by atoms with Crippen molar-refractivity contribution in [1.82, 2.24) is 4.90 Å². The molecule has 0 aromatic heterocycles. The van der Waals surface area contributed by atoms with Gasteiger partial charge in [-0.3, -0.25) is 4.79 Å². The SMILES string of the molecule is CCN1CCC(=O)N(c2ccc(OC)cc2)C1=O. The van der Waals surface area contributed by atoms with E-state index in [2.05, 4.69) is 0 Å². The molecule has 1 saturated heterocycles. The maximum Gasteiger partial charge on any atom is 0.331 e. The molecule has 0 bridgehead atoms. The van der Waals surface area contributed by atoms with Gasteiger partial charge in [0.15, 0.2) is 0 Å². The fourth-order valence-electron chi connectivity index (χ4n) is 1.97. The van der Waals surface area contributed by atoms with E-state index in [1.165, 1.54) is 4.90 Å². The Labute approximate surface area is 106 Å². The Morgan fingerprint density at radius 3 is 2.44 bits per heavy atom. The zero-order valence-corrected chi connectivity index (χ0v) is 10.5. The van der Waals surface area contributed by atoms with E-state index in [0.29, 0.717) is 30.9 Å². The van der Waals surface area contributed by atoms with Crippen molar-refractivity contribution < 1.29 is 14.3 Å². The van der Waals surface area contributed by atoms with Crippen LogP contribution in [-0.2, 0) is 4.79 Å². The number of carbonyl (C=O) groups is 2. The minimum absolute atomic E-state index is 0.158. The molecule has 2 rings (SSSR count). The van der Waals surface area contributed by atoms with E-state index >= 15 is 0 Å². The molecular weight excluding hydrogens is 232 g/mol. The summed E-state index contributed by atoms with van der Waals surface area (Å²) in [7, 11) is 1.57. The minimum atomic E-state index is -0.251. The molecule has 1 aromatic rings. The van der Waals surface area contributed by atoms with Crippen molar-refractivity contribution >= 4 is 17.6 Å². The van der Waals surface area contributed by atoms with Gasteiger partial charge in [0.1, 0.15) is 5.75 Å². The van der Waals surface area contributed by atoms with E-state index in [-0.39, 0.29) is 11.9 Å². The predicted molar refractivity (Wildman–Crippen MR) is 67.7 cm³/mol. The number of imide groups is 1. The van der Waals surface area contributed by atoms with Crippen LogP contribution in [0.4, 0.5) is 10.5 Å². The van der Waals surface area contributed by atoms with E-state index in [9.17, 15) is 9.59 Å². The van der Waals surface area contributed by atoms with Gasteiger partial charge in [0.05, 0.1) is 12.8 Å². The lowest BCUT2D eigenvalue weighted by Crippen LogP contribution is -2.52. The molecule has 18 heavy (non-hydrogen) atoms. The Hall–Kier alpha value is -2.04. The van der Waals surface area contributed by atoms with Crippen LogP contribution in [0.1, 0.15) is 13.3 Å². The maximum absolute atomic E-state index is 12.1. The molecular formula is C13H16N2O3. The quantitative estimate of drug-likeness (QED) is 0.820. The van der Waals surface area contributed by atoms with Crippen molar-refractivity contribution in [2.75, 3.05) is 25.1 Å². The summed E-state index contributed by atoms with van der Waals surface area (Å²) in [6, 6.07) is 6.65. The highest BCUT2D eigenvalue weighted by atomic mass is 16.5. The van der Waals surface area contributed by atoms with E-state index < -0.39 is 0 Å². The molecule has 0 aliphatic carbocycles. The molecule has 0 radical (unpaired) electrons. The number of urea groups is 1. The summed E-state index contributed by atoms with van der Waals surface area (Å²) in [5.74, 6) is 0.540. The van der Waals surface area contributed by atoms with Crippen LogP contribution in [-0.4, -0.2) is 37.0 Å². The summed E-state index contributed by atoms with van der Waals surface area (Å²) >= 11 is 0. The molecule has 0 atom stereocenters. The summed E-state index contributed by atoms with van der Waals surface area (Å²) in [4.78, 5) is 26.9. The summed E-state index contributed by atoms with van der Waals surface area (Å²) in [5, 5.41) is 0. The Bertz CT molecular complexity index is 456. The van der Waals surface area contributed by atoms with Gasteiger partial charge in [-0.15, -0.1) is 0 Å². The molecule has 1 aliphatic heterocycles. The van der Waals surface area contributed by atoms with E-state index in [1.54, 1.807) is 36.3 Å².